The van der Waals surface area contributed by atoms with Crippen LogP contribution >= 0.6 is 0 Å². The molecule has 0 saturated carbocycles. The fourth-order valence-electron chi connectivity index (χ4n) is 5.41. The van der Waals surface area contributed by atoms with Crippen LogP contribution in [0, 0.1) is 25.7 Å². The lowest BCUT2D eigenvalue weighted by molar-refractivity contribution is -0.151. The average Bonchev–Trinajstić information content (AvgIpc) is 3.45. The van der Waals surface area contributed by atoms with E-state index in [0.717, 1.165) is 16.8 Å². The Labute approximate surface area is 203 Å². The van der Waals surface area contributed by atoms with Gasteiger partial charge >= 0.3 is 5.97 Å². The number of hydrogen-bond acceptors (Lipinski definition) is 6. The molecule has 5 rings (SSSR count). The number of carbonyl (C=O) groups is 3. The normalized spacial score (nSPS) is 25.8. The summed E-state index contributed by atoms with van der Waals surface area (Å²) < 4.78 is 5.93. The molecule has 8 nitrogen and oxygen atoms in total. The lowest BCUT2D eigenvalue weighted by Gasteiger charge is -2.31. The molecule has 0 radical (unpaired) electrons. The van der Waals surface area contributed by atoms with Gasteiger partial charge in [-0.15, -0.1) is 0 Å². The number of benzene rings is 1. The number of aryl methyl sites for hydroxylation is 2. The summed E-state index contributed by atoms with van der Waals surface area (Å²) in [5, 5.41) is 13.7. The van der Waals surface area contributed by atoms with Gasteiger partial charge in [0.15, 0.2) is 0 Å². The molecule has 35 heavy (non-hydrogen) atoms. The van der Waals surface area contributed by atoms with Gasteiger partial charge in [-0.3, -0.25) is 29.6 Å². The third kappa shape index (κ3) is 3.83. The lowest BCUT2D eigenvalue weighted by atomic mass is 9.76. The molecule has 4 heterocycles. The largest absolute Gasteiger partial charge is 0.480 e. The van der Waals surface area contributed by atoms with Crippen LogP contribution in [-0.4, -0.2) is 44.9 Å². The Balaban J connectivity index is 1.55. The van der Waals surface area contributed by atoms with Gasteiger partial charge in [0.05, 0.1) is 17.9 Å². The molecule has 0 bridgehead atoms. The van der Waals surface area contributed by atoms with Crippen molar-refractivity contribution in [3.63, 3.8) is 0 Å². The lowest BCUT2D eigenvalue weighted by Crippen LogP contribution is -2.57. The Bertz CT molecular complexity index is 1250. The molecule has 2 fully saturated rings. The van der Waals surface area contributed by atoms with E-state index in [1.54, 1.807) is 12.3 Å². The second-order valence-electron chi connectivity index (χ2n) is 9.35. The summed E-state index contributed by atoms with van der Waals surface area (Å²) in [5.74, 6) is -2.78. The van der Waals surface area contributed by atoms with Gasteiger partial charge in [0.2, 0.25) is 11.8 Å². The van der Waals surface area contributed by atoms with Crippen LogP contribution in [0.1, 0.15) is 34.4 Å². The van der Waals surface area contributed by atoms with E-state index in [0.29, 0.717) is 17.9 Å². The van der Waals surface area contributed by atoms with Crippen LogP contribution in [-0.2, 0) is 27.2 Å². The molecule has 0 aliphatic carbocycles. The zero-order valence-electron chi connectivity index (χ0n) is 19.6. The number of pyridine rings is 1. The van der Waals surface area contributed by atoms with Crippen molar-refractivity contribution in [3.8, 4) is 0 Å². The highest BCUT2D eigenvalue weighted by Crippen LogP contribution is 2.50. The average molecular weight is 474 g/mol. The van der Waals surface area contributed by atoms with Gasteiger partial charge in [-0.05, 0) is 43.2 Å². The van der Waals surface area contributed by atoms with E-state index in [1.165, 1.54) is 4.90 Å². The maximum absolute atomic E-state index is 13.7. The van der Waals surface area contributed by atoms with Crippen LogP contribution in [0.15, 0.2) is 65.2 Å². The fraction of sp³-hybridized carbons (Fsp3) is 0.333. The molecule has 2 aromatic heterocycles. The molecule has 1 aromatic carbocycles. The van der Waals surface area contributed by atoms with Crippen LogP contribution in [0.5, 0.6) is 0 Å². The van der Waals surface area contributed by atoms with Crippen LogP contribution in [0.4, 0.5) is 0 Å². The molecule has 2 aliphatic heterocycles. The maximum atomic E-state index is 13.7. The van der Waals surface area contributed by atoms with Crippen LogP contribution in [0.3, 0.4) is 0 Å². The van der Waals surface area contributed by atoms with E-state index in [4.69, 9.17) is 4.42 Å². The van der Waals surface area contributed by atoms with Crippen LogP contribution in [0.2, 0.25) is 0 Å². The van der Waals surface area contributed by atoms with Crippen molar-refractivity contribution >= 4 is 17.8 Å². The van der Waals surface area contributed by atoms with Crippen molar-refractivity contribution in [2.24, 2.45) is 11.8 Å². The maximum Gasteiger partial charge on any atom is 0.325 e. The first-order valence-electron chi connectivity index (χ1n) is 11.7. The van der Waals surface area contributed by atoms with E-state index >= 15 is 0 Å². The zero-order chi connectivity index (χ0) is 24.7. The molecule has 2 aliphatic rings. The standard InChI is InChI=1S/C27H27N3O5/c1-16-14-20(35-17(16)2)23-21-22(27(29-23,26(33)34)15-18-8-4-3-5-9-18)25(32)30(24(21)31)13-11-19-10-6-7-12-28-19/h3-10,12,14,21-23,29H,11,13,15H2,1-2H3,(H,33,34). The summed E-state index contributed by atoms with van der Waals surface area (Å²) >= 11 is 0. The summed E-state index contributed by atoms with van der Waals surface area (Å²) in [4.78, 5) is 45.8. The molecule has 2 amide bonds. The van der Waals surface area contributed by atoms with E-state index < -0.39 is 35.3 Å². The van der Waals surface area contributed by atoms with Gasteiger partial charge in [0.1, 0.15) is 17.1 Å². The van der Waals surface area contributed by atoms with Crippen molar-refractivity contribution in [3.05, 3.63) is 89.1 Å². The topological polar surface area (TPSA) is 113 Å². The highest BCUT2D eigenvalue weighted by Gasteiger charge is 2.68. The first-order valence-corrected chi connectivity index (χ1v) is 11.7. The number of nitrogens with zero attached hydrogens (tertiary/aromatic N) is 2. The van der Waals surface area contributed by atoms with Crippen LogP contribution in [0.25, 0.3) is 0 Å². The third-order valence-electron chi connectivity index (χ3n) is 7.26. The Morgan fingerprint density at radius 3 is 2.49 bits per heavy atom. The molecular weight excluding hydrogens is 446 g/mol. The van der Waals surface area contributed by atoms with E-state index in [9.17, 15) is 19.5 Å². The zero-order valence-corrected chi connectivity index (χ0v) is 19.6. The minimum absolute atomic E-state index is 0.0621. The van der Waals surface area contributed by atoms with Gasteiger partial charge in [-0.1, -0.05) is 36.4 Å². The monoisotopic (exact) mass is 473 g/mol. The van der Waals surface area contributed by atoms with Gasteiger partial charge in [-0.25, -0.2) is 0 Å². The molecule has 4 atom stereocenters. The summed E-state index contributed by atoms with van der Waals surface area (Å²) in [6, 6.07) is 15.7. The van der Waals surface area contributed by atoms with E-state index in [1.807, 2.05) is 62.4 Å². The number of furan rings is 1. The van der Waals surface area contributed by atoms with Gasteiger partial charge in [0.25, 0.3) is 0 Å². The number of fused-ring (bicyclic) bond motifs is 1. The predicted molar refractivity (Wildman–Crippen MR) is 126 cm³/mol. The summed E-state index contributed by atoms with van der Waals surface area (Å²) in [6.45, 7) is 3.86. The Hall–Kier alpha value is -3.78. The van der Waals surface area contributed by atoms with Gasteiger partial charge < -0.3 is 9.52 Å². The molecule has 0 spiro atoms. The number of nitrogens with one attached hydrogen (secondary N) is 1. The van der Waals surface area contributed by atoms with E-state index in [2.05, 4.69) is 10.3 Å². The SMILES string of the molecule is Cc1cc(C2NC(Cc3ccccc3)(C(=O)O)C3C(=O)N(CCc4ccccn4)C(=O)C23)oc1C. The molecule has 2 saturated heterocycles. The number of aliphatic carboxylic acids is 1. The second kappa shape index (κ2) is 8.78. The second-order valence-corrected chi connectivity index (χ2v) is 9.35. The summed E-state index contributed by atoms with van der Waals surface area (Å²) in [6.07, 6.45) is 2.12. The van der Waals surface area contributed by atoms with Crippen molar-refractivity contribution in [2.45, 2.75) is 38.3 Å². The highest BCUT2D eigenvalue weighted by atomic mass is 16.4. The van der Waals surface area contributed by atoms with Crippen molar-refractivity contribution in [1.29, 1.82) is 0 Å². The minimum atomic E-state index is -1.65. The van der Waals surface area contributed by atoms with Crippen molar-refractivity contribution < 1.29 is 23.9 Å². The van der Waals surface area contributed by atoms with Crippen molar-refractivity contribution in [1.82, 2.24) is 15.2 Å². The third-order valence-corrected chi connectivity index (χ3v) is 7.26. The highest BCUT2D eigenvalue weighted by molar-refractivity contribution is 6.09. The number of carbonyl (C=O) groups excluding carboxylic acids is 2. The molecule has 4 unspecified atom stereocenters. The van der Waals surface area contributed by atoms with Gasteiger partial charge in [0, 0.05) is 31.3 Å². The molecule has 8 heteroatoms. The number of aromatic nitrogens is 1. The Morgan fingerprint density at radius 2 is 1.86 bits per heavy atom. The number of carboxylic acids is 1. The Kier molecular flexibility index (Phi) is 5.76. The summed E-state index contributed by atoms with van der Waals surface area (Å²) in [7, 11) is 0. The number of amides is 2. The number of imide groups is 1. The number of carboxylic acid groups (broad SMARTS) is 1. The molecular formula is C27H27N3O5. The number of likely N-dealkylation sites (tertiary alicyclic amines) is 1. The fourth-order valence-corrected chi connectivity index (χ4v) is 5.41. The Morgan fingerprint density at radius 1 is 1.11 bits per heavy atom. The molecule has 2 N–H and O–H groups in total. The number of rotatable bonds is 7. The van der Waals surface area contributed by atoms with Gasteiger partial charge in [-0.2, -0.15) is 0 Å². The minimum Gasteiger partial charge on any atom is -0.480 e. The first-order chi connectivity index (χ1) is 16.8. The molecule has 3 aromatic rings. The summed E-state index contributed by atoms with van der Waals surface area (Å²) in [5.41, 5.74) is 0.766. The number of hydrogen-bond donors (Lipinski definition) is 2. The van der Waals surface area contributed by atoms with Crippen LogP contribution < -0.4 is 5.32 Å². The van der Waals surface area contributed by atoms with E-state index in [-0.39, 0.29) is 18.9 Å². The predicted octanol–water partition coefficient (Wildman–Crippen LogP) is 2.85. The first kappa shape index (κ1) is 23.0. The molecule has 180 valence electrons. The quantitative estimate of drug-likeness (QED) is 0.508. The smallest absolute Gasteiger partial charge is 0.325 e. The van der Waals surface area contributed by atoms with Crippen molar-refractivity contribution in [2.75, 3.05) is 6.54 Å².